The van der Waals surface area contributed by atoms with Crippen LogP contribution in [-0.2, 0) is 14.8 Å². The van der Waals surface area contributed by atoms with Gasteiger partial charge in [0.2, 0.25) is 5.91 Å². The lowest BCUT2D eigenvalue weighted by atomic mass is 9.98. The number of hydrogen-bond acceptors (Lipinski definition) is 6. The zero-order valence-corrected chi connectivity index (χ0v) is 20.6. The van der Waals surface area contributed by atoms with Crippen molar-refractivity contribution in [2.24, 2.45) is 5.92 Å². The third kappa shape index (κ3) is 5.70. The first kappa shape index (κ1) is 24.7. The van der Waals surface area contributed by atoms with E-state index in [0.29, 0.717) is 30.1 Å². The number of benzene rings is 1. The van der Waals surface area contributed by atoms with E-state index in [1.54, 1.807) is 24.6 Å². The fraction of sp³-hybridized carbons (Fsp3) is 0.522. The number of sulfonamides is 1. The second-order valence-corrected chi connectivity index (χ2v) is 11.0. The van der Waals surface area contributed by atoms with E-state index in [1.807, 2.05) is 24.3 Å². The van der Waals surface area contributed by atoms with E-state index in [1.165, 1.54) is 15.6 Å². The van der Waals surface area contributed by atoms with Gasteiger partial charge in [0.25, 0.3) is 10.0 Å². The van der Waals surface area contributed by atoms with Crippen molar-refractivity contribution in [3.63, 3.8) is 0 Å². The van der Waals surface area contributed by atoms with Gasteiger partial charge >= 0.3 is 0 Å². The molecule has 0 aliphatic carbocycles. The molecule has 3 rings (SSSR count). The Hall–Kier alpha value is -1.94. The molecule has 0 saturated carbocycles. The van der Waals surface area contributed by atoms with Gasteiger partial charge in [-0.05, 0) is 55.1 Å². The maximum atomic E-state index is 13.0. The molecule has 2 atom stereocenters. The van der Waals surface area contributed by atoms with Crippen molar-refractivity contribution in [2.75, 3.05) is 39.8 Å². The largest absolute Gasteiger partial charge is 0.497 e. The SMILES string of the molecule is CCN(CC)C(CNC(=O)C1CCCN(S(=O)(=O)c2cccs2)C1)c1cccc(OC)c1. The number of ether oxygens (including phenoxy) is 1. The van der Waals surface area contributed by atoms with Crippen LogP contribution in [0.2, 0.25) is 0 Å². The molecule has 32 heavy (non-hydrogen) atoms. The topological polar surface area (TPSA) is 79.0 Å². The standard InChI is InChI=1S/C23H33N3O4S2/c1-4-25(5-2)21(18-9-6-11-20(15-18)30-3)16-24-23(27)19-10-7-13-26(17-19)32(28,29)22-12-8-14-31-22/h6,8-9,11-12,14-15,19,21H,4-5,7,10,13,16-17H2,1-3H3,(H,24,27). The minimum absolute atomic E-state index is 0.0126. The Morgan fingerprint density at radius 2 is 2.06 bits per heavy atom. The average molecular weight is 480 g/mol. The van der Waals surface area contributed by atoms with Crippen molar-refractivity contribution < 1.29 is 17.9 Å². The van der Waals surface area contributed by atoms with Crippen molar-refractivity contribution in [3.8, 4) is 5.75 Å². The highest BCUT2D eigenvalue weighted by Crippen LogP contribution is 2.27. The molecule has 0 spiro atoms. The van der Waals surface area contributed by atoms with Crippen molar-refractivity contribution in [2.45, 2.75) is 36.9 Å². The molecule has 176 valence electrons. The summed E-state index contributed by atoms with van der Waals surface area (Å²) in [6, 6.07) is 11.3. The number of carbonyl (C=O) groups excluding carboxylic acids is 1. The van der Waals surface area contributed by atoms with E-state index >= 15 is 0 Å². The van der Waals surface area contributed by atoms with Crippen LogP contribution in [0.15, 0.2) is 46.0 Å². The number of amides is 1. The average Bonchev–Trinajstić information content (AvgIpc) is 3.38. The highest BCUT2D eigenvalue weighted by Gasteiger charge is 2.34. The van der Waals surface area contributed by atoms with E-state index in [2.05, 4.69) is 24.1 Å². The minimum Gasteiger partial charge on any atom is -0.497 e. The van der Waals surface area contributed by atoms with Gasteiger partial charge in [0.05, 0.1) is 19.1 Å². The first-order valence-electron chi connectivity index (χ1n) is 11.1. The van der Waals surface area contributed by atoms with Crippen LogP contribution in [-0.4, -0.2) is 63.4 Å². The van der Waals surface area contributed by atoms with Crippen LogP contribution in [0.25, 0.3) is 0 Å². The van der Waals surface area contributed by atoms with Gasteiger partial charge in [0, 0.05) is 19.6 Å². The molecule has 1 aromatic heterocycles. The number of carbonyl (C=O) groups is 1. The first-order valence-corrected chi connectivity index (χ1v) is 13.4. The predicted molar refractivity (Wildman–Crippen MR) is 127 cm³/mol. The van der Waals surface area contributed by atoms with Gasteiger partial charge in [-0.2, -0.15) is 4.31 Å². The van der Waals surface area contributed by atoms with Crippen molar-refractivity contribution in [1.82, 2.24) is 14.5 Å². The third-order valence-electron chi connectivity index (χ3n) is 6.05. The summed E-state index contributed by atoms with van der Waals surface area (Å²) in [6.07, 6.45) is 1.37. The zero-order chi connectivity index (χ0) is 23.1. The third-order valence-corrected chi connectivity index (χ3v) is 9.28. The predicted octanol–water partition coefficient (Wildman–Crippen LogP) is 3.36. The van der Waals surface area contributed by atoms with Crippen molar-refractivity contribution >= 4 is 27.3 Å². The summed E-state index contributed by atoms with van der Waals surface area (Å²) in [5, 5.41) is 4.86. The molecule has 1 fully saturated rings. The maximum Gasteiger partial charge on any atom is 0.252 e. The van der Waals surface area contributed by atoms with Crippen molar-refractivity contribution in [1.29, 1.82) is 0 Å². The summed E-state index contributed by atoms with van der Waals surface area (Å²) in [5.41, 5.74) is 1.08. The lowest BCUT2D eigenvalue weighted by molar-refractivity contribution is -0.126. The molecule has 0 bridgehead atoms. The number of rotatable bonds is 10. The normalized spacial score (nSPS) is 18.4. The van der Waals surface area contributed by atoms with Gasteiger partial charge in [-0.3, -0.25) is 9.69 Å². The maximum absolute atomic E-state index is 13.0. The minimum atomic E-state index is -3.54. The number of nitrogens with one attached hydrogen (secondary N) is 1. The van der Waals surface area contributed by atoms with E-state index in [4.69, 9.17) is 4.74 Å². The Morgan fingerprint density at radius 3 is 2.72 bits per heavy atom. The van der Waals surface area contributed by atoms with Gasteiger partial charge in [-0.25, -0.2) is 8.42 Å². The van der Waals surface area contributed by atoms with Gasteiger partial charge in [-0.1, -0.05) is 32.0 Å². The van der Waals surface area contributed by atoms with Crippen LogP contribution < -0.4 is 10.1 Å². The molecule has 9 heteroatoms. The van der Waals surface area contributed by atoms with Crippen LogP contribution in [0.5, 0.6) is 5.75 Å². The number of piperidine rings is 1. The second kappa shape index (κ2) is 11.3. The second-order valence-electron chi connectivity index (χ2n) is 7.89. The Kier molecular flexibility index (Phi) is 8.70. The molecular formula is C23H33N3O4S2. The van der Waals surface area contributed by atoms with Crippen LogP contribution >= 0.6 is 11.3 Å². The number of methoxy groups -OCH3 is 1. The summed E-state index contributed by atoms with van der Waals surface area (Å²) < 4.78 is 32.9. The zero-order valence-electron chi connectivity index (χ0n) is 19.0. The lowest BCUT2D eigenvalue weighted by Crippen LogP contribution is -2.47. The molecule has 1 N–H and O–H groups in total. The van der Waals surface area contributed by atoms with Crippen LogP contribution in [0, 0.1) is 5.92 Å². The summed E-state index contributed by atoms with van der Waals surface area (Å²) in [7, 11) is -1.89. The molecule has 1 saturated heterocycles. The van der Waals surface area contributed by atoms with Crippen LogP contribution in [0.4, 0.5) is 0 Å². The Bertz CT molecular complexity index is 975. The number of thiophene rings is 1. The van der Waals surface area contributed by atoms with Gasteiger partial charge in [0.15, 0.2) is 0 Å². The Morgan fingerprint density at radius 1 is 1.28 bits per heavy atom. The number of nitrogens with zero attached hydrogens (tertiary/aromatic N) is 2. The van der Waals surface area contributed by atoms with E-state index in [-0.39, 0.29) is 24.4 Å². The molecular weight excluding hydrogens is 446 g/mol. The summed E-state index contributed by atoms with van der Waals surface area (Å²) >= 11 is 1.21. The van der Waals surface area contributed by atoms with E-state index < -0.39 is 10.0 Å². The number of hydrogen-bond donors (Lipinski definition) is 1. The smallest absolute Gasteiger partial charge is 0.252 e. The molecule has 1 amide bonds. The van der Waals surface area contributed by atoms with Crippen molar-refractivity contribution in [3.05, 3.63) is 47.3 Å². The van der Waals surface area contributed by atoms with Gasteiger partial charge < -0.3 is 10.1 Å². The first-order chi connectivity index (χ1) is 15.4. The molecule has 7 nitrogen and oxygen atoms in total. The Labute approximate surface area is 195 Å². The lowest BCUT2D eigenvalue weighted by Gasteiger charge is -2.33. The molecule has 2 heterocycles. The van der Waals surface area contributed by atoms with Gasteiger partial charge in [0.1, 0.15) is 9.96 Å². The molecule has 2 aromatic rings. The highest BCUT2D eigenvalue weighted by atomic mass is 32.2. The van der Waals surface area contributed by atoms with E-state index in [9.17, 15) is 13.2 Å². The van der Waals surface area contributed by atoms with Crippen LogP contribution in [0.3, 0.4) is 0 Å². The van der Waals surface area contributed by atoms with Gasteiger partial charge in [-0.15, -0.1) is 11.3 Å². The Balaban J connectivity index is 1.69. The molecule has 0 radical (unpaired) electrons. The molecule has 2 unspecified atom stereocenters. The number of likely N-dealkylation sites (N-methyl/N-ethyl adjacent to an activating group) is 1. The fourth-order valence-electron chi connectivity index (χ4n) is 4.22. The molecule has 1 aromatic carbocycles. The quantitative estimate of drug-likeness (QED) is 0.565. The summed E-state index contributed by atoms with van der Waals surface area (Å²) in [4.78, 5) is 15.3. The fourth-order valence-corrected chi connectivity index (χ4v) is 6.89. The van der Waals surface area contributed by atoms with Crippen LogP contribution in [0.1, 0.15) is 38.3 Å². The molecule has 1 aliphatic rings. The monoisotopic (exact) mass is 479 g/mol. The van der Waals surface area contributed by atoms with E-state index in [0.717, 1.165) is 24.4 Å². The molecule has 1 aliphatic heterocycles. The summed E-state index contributed by atoms with van der Waals surface area (Å²) in [5.74, 6) is 0.352. The highest BCUT2D eigenvalue weighted by molar-refractivity contribution is 7.91. The summed E-state index contributed by atoms with van der Waals surface area (Å²) in [6.45, 7) is 7.05.